The summed E-state index contributed by atoms with van der Waals surface area (Å²) in [7, 11) is 0. The first-order chi connectivity index (χ1) is 7.31. The van der Waals surface area contributed by atoms with E-state index in [1.807, 2.05) is 0 Å². The van der Waals surface area contributed by atoms with Gasteiger partial charge >= 0.3 is 0 Å². The van der Waals surface area contributed by atoms with Gasteiger partial charge in [0.1, 0.15) is 0 Å². The number of nitrogens with one attached hydrogen (secondary N) is 1. The fourth-order valence-electron chi connectivity index (χ4n) is 2.58. The van der Waals surface area contributed by atoms with Crippen LogP contribution in [0, 0.1) is 11.3 Å². The molecule has 0 amide bonds. The molecule has 1 saturated carbocycles. The van der Waals surface area contributed by atoms with Crippen molar-refractivity contribution < 1.29 is 5.11 Å². The van der Waals surface area contributed by atoms with Crippen LogP contribution in [-0.2, 0) is 0 Å². The van der Waals surface area contributed by atoms with E-state index in [1.54, 1.807) is 0 Å². The molecule has 2 atom stereocenters. The van der Waals surface area contributed by atoms with E-state index in [-0.39, 0.29) is 0 Å². The van der Waals surface area contributed by atoms with Gasteiger partial charge in [-0.3, -0.25) is 0 Å². The lowest BCUT2D eigenvalue weighted by atomic mass is 9.79. The summed E-state index contributed by atoms with van der Waals surface area (Å²) >= 11 is 0. The van der Waals surface area contributed by atoms with Crippen molar-refractivity contribution >= 4 is 0 Å². The largest absolute Gasteiger partial charge is 0.389 e. The molecule has 2 heteroatoms. The van der Waals surface area contributed by atoms with E-state index >= 15 is 0 Å². The smallest absolute Gasteiger partial charge is 0.0774 e. The van der Waals surface area contributed by atoms with Crippen molar-refractivity contribution in [1.29, 1.82) is 0 Å². The quantitative estimate of drug-likeness (QED) is 0.724. The summed E-state index contributed by atoms with van der Waals surface area (Å²) in [6.45, 7) is 10.8. The Bertz CT molecular complexity index is 209. The molecule has 96 valence electrons. The highest BCUT2D eigenvalue weighted by Crippen LogP contribution is 2.31. The molecule has 1 fully saturated rings. The van der Waals surface area contributed by atoms with Crippen LogP contribution in [0.2, 0.25) is 0 Å². The Kier molecular flexibility index (Phi) is 4.81. The zero-order chi connectivity index (χ0) is 12.2. The molecule has 2 unspecified atom stereocenters. The minimum absolute atomic E-state index is 0.384. The number of aliphatic hydroxyl groups is 1. The highest BCUT2D eigenvalue weighted by molar-refractivity contribution is 4.87. The van der Waals surface area contributed by atoms with Gasteiger partial charge in [-0.2, -0.15) is 0 Å². The average molecular weight is 227 g/mol. The molecule has 2 nitrogen and oxygen atoms in total. The van der Waals surface area contributed by atoms with Crippen LogP contribution >= 0.6 is 0 Å². The highest BCUT2D eigenvalue weighted by atomic mass is 16.3. The van der Waals surface area contributed by atoms with Gasteiger partial charge < -0.3 is 10.4 Å². The number of hydrogen-bond donors (Lipinski definition) is 2. The van der Waals surface area contributed by atoms with Gasteiger partial charge in [-0.15, -0.1) is 0 Å². The van der Waals surface area contributed by atoms with Crippen LogP contribution in [0.25, 0.3) is 0 Å². The monoisotopic (exact) mass is 227 g/mol. The van der Waals surface area contributed by atoms with E-state index in [4.69, 9.17) is 0 Å². The molecule has 1 aliphatic carbocycles. The maximum Gasteiger partial charge on any atom is 0.0774 e. The van der Waals surface area contributed by atoms with Crippen molar-refractivity contribution in [2.24, 2.45) is 11.3 Å². The maximum absolute atomic E-state index is 10.4. The maximum atomic E-state index is 10.4. The van der Waals surface area contributed by atoms with E-state index in [1.165, 1.54) is 19.3 Å². The molecule has 0 spiro atoms. The van der Waals surface area contributed by atoms with Crippen LogP contribution in [0.15, 0.2) is 0 Å². The number of rotatable bonds is 4. The van der Waals surface area contributed by atoms with Crippen LogP contribution in [0.5, 0.6) is 0 Å². The molecule has 0 aromatic heterocycles. The van der Waals surface area contributed by atoms with E-state index in [9.17, 15) is 5.11 Å². The van der Waals surface area contributed by atoms with Crippen molar-refractivity contribution in [2.45, 2.75) is 65.4 Å². The summed E-state index contributed by atoms with van der Waals surface area (Å²) in [6, 6.07) is 0. The highest BCUT2D eigenvalue weighted by Gasteiger charge is 2.31. The lowest BCUT2D eigenvalue weighted by molar-refractivity contribution is -0.0119. The van der Waals surface area contributed by atoms with Gasteiger partial charge in [0, 0.05) is 6.54 Å². The Labute approximate surface area is 101 Å². The standard InChI is InChI=1S/C14H29NO/c1-12-6-5-7-14(16,10-12)11-15-9-8-13(2,3)4/h12,15-16H,5-11H2,1-4H3. The molecule has 2 N–H and O–H groups in total. The lowest BCUT2D eigenvalue weighted by Gasteiger charge is -2.36. The normalized spacial score (nSPS) is 31.7. The Morgan fingerprint density at radius 1 is 1.38 bits per heavy atom. The predicted octanol–water partition coefficient (Wildman–Crippen LogP) is 2.95. The van der Waals surface area contributed by atoms with Gasteiger partial charge in [-0.05, 0) is 37.1 Å². The fourth-order valence-corrected chi connectivity index (χ4v) is 2.58. The van der Waals surface area contributed by atoms with Gasteiger partial charge in [0.25, 0.3) is 0 Å². The predicted molar refractivity (Wildman–Crippen MR) is 69.5 cm³/mol. The third-order valence-electron chi connectivity index (χ3n) is 3.57. The van der Waals surface area contributed by atoms with Gasteiger partial charge in [-0.1, -0.05) is 40.5 Å². The Morgan fingerprint density at radius 2 is 2.06 bits per heavy atom. The SMILES string of the molecule is CC1CCCC(O)(CNCCC(C)(C)C)C1. The molecular weight excluding hydrogens is 198 g/mol. The molecule has 0 aromatic carbocycles. The van der Waals surface area contributed by atoms with Gasteiger partial charge in [0.05, 0.1) is 5.60 Å². The summed E-state index contributed by atoms with van der Waals surface area (Å²) < 4.78 is 0. The summed E-state index contributed by atoms with van der Waals surface area (Å²) in [4.78, 5) is 0. The fraction of sp³-hybridized carbons (Fsp3) is 1.00. The van der Waals surface area contributed by atoms with Crippen LogP contribution in [0.1, 0.15) is 59.8 Å². The minimum atomic E-state index is -0.435. The van der Waals surface area contributed by atoms with Gasteiger partial charge in [0.2, 0.25) is 0 Å². The summed E-state index contributed by atoms with van der Waals surface area (Å²) in [5.41, 5.74) is -0.0506. The van der Waals surface area contributed by atoms with Crippen LogP contribution in [0.3, 0.4) is 0 Å². The number of hydrogen-bond acceptors (Lipinski definition) is 2. The lowest BCUT2D eigenvalue weighted by Crippen LogP contribution is -2.44. The molecule has 0 aliphatic heterocycles. The molecule has 0 heterocycles. The van der Waals surface area contributed by atoms with E-state index < -0.39 is 5.60 Å². The zero-order valence-corrected chi connectivity index (χ0v) is 11.5. The molecule has 1 rings (SSSR count). The van der Waals surface area contributed by atoms with Crippen molar-refractivity contribution in [3.8, 4) is 0 Å². The summed E-state index contributed by atoms with van der Waals surface area (Å²) in [5.74, 6) is 0.683. The molecular formula is C14H29NO. The zero-order valence-electron chi connectivity index (χ0n) is 11.5. The van der Waals surface area contributed by atoms with E-state index in [0.29, 0.717) is 11.3 Å². The Morgan fingerprint density at radius 3 is 2.62 bits per heavy atom. The Hall–Kier alpha value is -0.0800. The second-order valence-electron chi connectivity index (χ2n) is 6.91. The molecule has 0 bridgehead atoms. The van der Waals surface area contributed by atoms with Gasteiger partial charge in [0.15, 0.2) is 0 Å². The van der Waals surface area contributed by atoms with Crippen molar-refractivity contribution in [2.75, 3.05) is 13.1 Å². The third kappa shape index (κ3) is 5.31. The third-order valence-corrected chi connectivity index (χ3v) is 3.57. The first-order valence-corrected chi connectivity index (χ1v) is 6.74. The summed E-state index contributed by atoms with van der Waals surface area (Å²) in [5, 5.41) is 13.8. The molecule has 0 aromatic rings. The Balaban J connectivity index is 2.21. The van der Waals surface area contributed by atoms with Crippen LogP contribution < -0.4 is 5.32 Å². The molecule has 16 heavy (non-hydrogen) atoms. The van der Waals surface area contributed by atoms with Crippen molar-refractivity contribution in [3.05, 3.63) is 0 Å². The van der Waals surface area contributed by atoms with Crippen molar-refractivity contribution in [1.82, 2.24) is 5.32 Å². The first kappa shape index (κ1) is 14.0. The molecule has 0 radical (unpaired) electrons. The van der Waals surface area contributed by atoms with Crippen LogP contribution in [0.4, 0.5) is 0 Å². The van der Waals surface area contributed by atoms with E-state index in [0.717, 1.165) is 25.9 Å². The average Bonchev–Trinajstić information content (AvgIpc) is 2.11. The van der Waals surface area contributed by atoms with Gasteiger partial charge in [-0.25, -0.2) is 0 Å². The second-order valence-corrected chi connectivity index (χ2v) is 6.91. The molecule has 0 saturated heterocycles. The topological polar surface area (TPSA) is 32.3 Å². The summed E-state index contributed by atoms with van der Waals surface area (Å²) in [6.07, 6.45) is 5.57. The van der Waals surface area contributed by atoms with E-state index in [2.05, 4.69) is 33.0 Å². The second kappa shape index (κ2) is 5.50. The molecule has 1 aliphatic rings. The first-order valence-electron chi connectivity index (χ1n) is 6.74. The van der Waals surface area contributed by atoms with Crippen LogP contribution in [-0.4, -0.2) is 23.8 Å². The van der Waals surface area contributed by atoms with Crippen molar-refractivity contribution in [3.63, 3.8) is 0 Å². The minimum Gasteiger partial charge on any atom is -0.389 e.